The fourth-order valence-corrected chi connectivity index (χ4v) is 3.47. The van der Waals surface area contributed by atoms with Gasteiger partial charge in [-0.05, 0) is 55.2 Å². The van der Waals surface area contributed by atoms with Crippen LogP contribution in [0, 0.1) is 0 Å². The van der Waals surface area contributed by atoms with Crippen LogP contribution in [0.5, 0.6) is 0 Å². The van der Waals surface area contributed by atoms with Crippen LogP contribution >= 0.6 is 11.6 Å². The first kappa shape index (κ1) is 16.9. The largest absolute Gasteiger partial charge is 0.402 e. The molecule has 0 radical (unpaired) electrons. The maximum absolute atomic E-state index is 12.1. The zero-order valence-electron chi connectivity index (χ0n) is 14.3. The quantitative estimate of drug-likeness (QED) is 0.660. The van der Waals surface area contributed by atoms with E-state index in [1.54, 1.807) is 24.3 Å². The van der Waals surface area contributed by atoms with Gasteiger partial charge in [-0.25, -0.2) is 9.78 Å². The van der Waals surface area contributed by atoms with Crippen LogP contribution in [0.25, 0.3) is 22.0 Å². The third-order valence-corrected chi connectivity index (χ3v) is 4.92. The third-order valence-electron chi connectivity index (χ3n) is 4.65. The second-order valence-electron chi connectivity index (χ2n) is 6.46. The highest BCUT2D eigenvalue weighted by Gasteiger charge is 2.11. The molecule has 2 heterocycles. The van der Waals surface area contributed by atoms with Crippen LogP contribution in [-0.2, 0) is 0 Å². The Balaban J connectivity index is 1.60. The topological polar surface area (TPSA) is 46.3 Å². The lowest BCUT2D eigenvalue weighted by Crippen LogP contribution is -2.29. The van der Waals surface area contributed by atoms with Gasteiger partial charge in [0.15, 0.2) is 0 Å². The van der Waals surface area contributed by atoms with Gasteiger partial charge in [0, 0.05) is 18.8 Å². The fourth-order valence-electron chi connectivity index (χ4n) is 3.26. The SMILES string of the molecule is O=c1oc(/C(Cl)=C/c2ccc(N3CCCCC3)cc2)nc2ccccc12. The van der Waals surface area contributed by atoms with Gasteiger partial charge in [-0.1, -0.05) is 35.9 Å². The zero-order chi connectivity index (χ0) is 17.9. The molecule has 26 heavy (non-hydrogen) atoms. The summed E-state index contributed by atoms with van der Waals surface area (Å²) in [6.45, 7) is 2.23. The summed E-state index contributed by atoms with van der Waals surface area (Å²) < 4.78 is 5.27. The minimum Gasteiger partial charge on any atom is -0.402 e. The number of fused-ring (bicyclic) bond motifs is 1. The molecule has 1 aliphatic heterocycles. The van der Waals surface area contributed by atoms with E-state index in [-0.39, 0.29) is 5.89 Å². The lowest BCUT2D eigenvalue weighted by Gasteiger charge is -2.28. The molecule has 1 aromatic heterocycles. The molecule has 0 spiro atoms. The van der Waals surface area contributed by atoms with E-state index in [2.05, 4.69) is 22.0 Å². The van der Waals surface area contributed by atoms with Crippen molar-refractivity contribution >= 4 is 39.3 Å². The molecule has 4 rings (SSSR count). The van der Waals surface area contributed by atoms with E-state index >= 15 is 0 Å². The van der Waals surface area contributed by atoms with E-state index in [0.29, 0.717) is 15.9 Å². The fraction of sp³-hybridized carbons (Fsp3) is 0.238. The molecule has 0 saturated carbocycles. The van der Waals surface area contributed by atoms with Crippen molar-refractivity contribution < 1.29 is 4.42 Å². The van der Waals surface area contributed by atoms with Crippen LogP contribution < -0.4 is 10.5 Å². The Morgan fingerprint density at radius 3 is 2.54 bits per heavy atom. The minimum absolute atomic E-state index is 0.135. The van der Waals surface area contributed by atoms with Gasteiger partial charge < -0.3 is 9.32 Å². The number of rotatable bonds is 3. The first-order valence-corrected chi connectivity index (χ1v) is 9.21. The average molecular weight is 367 g/mol. The van der Waals surface area contributed by atoms with Gasteiger partial charge in [-0.2, -0.15) is 0 Å². The van der Waals surface area contributed by atoms with E-state index in [4.69, 9.17) is 16.0 Å². The summed E-state index contributed by atoms with van der Waals surface area (Å²) in [6, 6.07) is 15.3. The zero-order valence-corrected chi connectivity index (χ0v) is 15.1. The Hall–Kier alpha value is -2.59. The van der Waals surface area contributed by atoms with E-state index in [0.717, 1.165) is 18.7 Å². The van der Waals surface area contributed by atoms with Gasteiger partial charge in [0.2, 0.25) is 5.89 Å². The van der Waals surface area contributed by atoms with Crippen molar-refractivity contribution in [1.82, 2.24) is 4.98 Å². The molecule has 1 aliphatic rings. The molecule has 0 amide bonds. The molecule has 132 valence electrons. The minimum atomic E-state index is -0.433. The number of anilines is 1. The average Bonchev–Trinajstić information content (AvgIpc) is 2.69. The predicted octanol–water partition coefficient (Wildman–Crippen LogP) is 4.92. The lowest BCUT2D eigenvalue weighted by molar-refractivity contribution is 0.489. The van der Waals surface area contributed by atoms with Gasteiger partial charge in [-0.3, -0.25) is 0 Å². The lowest BCUT2D eigenvalue weighted by atomic mass is 10.1. The second kappa shape index (κ2) is 7.34. The van der Waals surface area contributed by atoms with E-state index in [9.17, 15) is 4.79 Å². The highest BCUT2D eigenvalue weighted by Crippen LogP contribution is 2.24. The highest BCUT2D eigenvalue weighted by atomic mass is 35.5. The summed E-state index contributed by atoms with van der Waals surface area (Å²) in [5.41, 5.74) is 2.31. The Labute approximate surface area is 156 Å². The van der Waals surface area contributed by atoms with Crippen molar-refractivity contribution in [2.24, 2.45) is 0 Å². The maximum Gasteiger partial charge on any atom is 0.347 e. The predicted molar refractivity (Wildman–Crippen MR) is 107 cm³/mol. The van der Waals surface area contributed by atoms with E-state index in [1.165, 1.54) is 24.9 Å². The molecule has 0 aliphatic carbocycles. The molecular weight excluding hydrogens is 348 g/mol. The Kier molecular flexibility index (Phi) is 4.76. The third kappa shape index (κ3) is 3.51. The molecule has 0 bridgehead atoms. The Bertz CT molecular complexity index is 1000. The van der Waals surface area contributed by atoms with Crippen molar-refractivity contribution in [3.8, 4) is 0 Å². The number of halogens is 1. The number of nitrogens with zero attached hydrogens (tertiary/aromatic N) is 2. The highest BCUT2D eigenvalue weighted by molar-refractivity contribution is 6.50. The smallest absolute Gasteiger partial charge is 0.347 e. The number of piperidine rings is 1. The van der Waals surface area contributed by atoms with Crippen LogP contribution in [0.1, 0.15) is 30.7 Å². The summed E-state index contributed by atoms with van der Waals surface area (Å²) in [4.78, 5) is 18.8. The van der Waals surface area contributed by atoms with Crippen LogP contribution in [0.4, 0.5) is 5.69 Å². The van der Waals surface area contributed by atoms with Gasteiger partial charge in [0.25, 0.3) is 0 Å². The summed E-state index contributed by atoms with van der Waals surface area (Å²) in [7, 11) is 0. The van der Waals surface area contributed by atoms with Crippen molar-refractivity contribution in [2.75, 3.05) is 18.0 Å². The number of hydrogen-bond donors (Lipinski definition) is 0. The molecule has 1 fully saturated rings. The number of para-hydroxylation sites is 1. The standard InChI is InChI=1S/C21H19ClN2O2/c22-18(20-23-19-7-3-2-6-17(19)21(25)26-20)14-15-8-10-16(11-9-15)24-12-4-1-5-13-24/h2-3,6-11,14H,1,4-5,12-13H2/b18-14-. The van der Waals surface area contributed by atoms with Crippen LogP contribution in [0.2, 0.25) is 0 Å². The van der Waals surface area contributed by atoms with Crippen molar-refractivity contribution in [3.05, 3.63) is 70.4 Å². The maximum atomic E-state index is 12.1. The van der Waals surface area contributed by atoms with Crippen molar-refractivity contribution in [3.63, 3.8) is 0 Å². The van der Waals surface area contributed by atoms with Crippen molar-refractivity contribution in [2.45, 2.75) is 19.3 Å². The first-order valence-electron chi connectivity index (χ1n) is 8.83. The summed E-state index contributed by atoms with van der Waals surface area (Å²) in [6.07, 6.45) is 5.58. The van der Waals surface area contributed by atoms with Gasteiger partial charge in [0.05, 0.1) is 10.9 Å². The van der Waals surface area contributed by atoms with Crippen LogP contribution in [0.15, 0.2) is 57.7 Å². The van der Waals surface area contributed by atoms with Crippen LogP contribution in [0.3, 0.4) is 0 Å². The summed E-state index contributed by atoms with van der Waals surface area (Å²) in [5.74, 6) is 0.135. The molecule has 0 unspecified atom stereocenters. The molecule has 4 nitrogen and oxygen atoms in total. The van der Waals surface area contributed by atoms with E-state index < -0.39 is 5.63 Å². The second-order valence-corrected chi connectivity index (χ2v) is 6.86. The van der Waals surface area contributed by atoms with Crippen molar-refractivity contribution in [1.29, 1.82) is 0 Å². The monoisotopic (exact) mass is 366 g/mol. The summed E-state index contributed by atoms with van der Waals surface area (Å²) in [5, 5.41) is 0.755. The molecule has 0 N–H and O–H groups in total. The van der Waals surface area contributed by atoms with Gasteiger partial charge in [-0.15, -0.1) is 0 Å². The number of hydrogen-bond acceptors (Lipinski definition) is 4. The van der Waals surface area contributed by atoms with E-state index in [1.807, 2.05) is 18.2 Å². The number of aromatic nitrogens is 1. The molecule has 2 aromatic carbocycles. The van der Waals surface area contributed by atoms with Gasteiger partial charge >= 0.3 is 5.63 Å². The molecule has 5 heteroatoms. The molecule has 0 atom stereocenters. The molecular formula is C21H19ClN2O2. The number of benzene rings is 2. The molecule has 1 saturated heterocycles. The van der Waals surface area contributed by atoms with Crippen LogP contribution in [-0.4, -0.2) is 18.1 Å². The molecule has 3 aromatic rings. The summed E-state index contributed by atoms with van der Waals surface area (Å²) >= 11 is 6.36. The Morgan fingerprint density at radius 2 is 1.77 bits per heavy atom. The normalized spacial score (nSPS) is 15.4. The Morgan fingerprint density at radius 1 is 1.04 bits per heavy atom. The van der Waals surface area contributed by atoms with Gasteiger partial charge in [0.1, 0.15) is 5.03 Å². The first-order chi connectivity index (χ1) is 12.7.